The Hall–Kier alpha value is -3.12. The number of pyridine rings is 1. The minimum atomic E-state index is -0.295. The van der Waals surface area contributed by atoms with Gasteiger partial charge in [0, 0.05) is 24.4 Å². The van der Waals surface area contributed by atoms with E-state index in [9.17, 15) is 9.50 Å². The second-order valence-corrected chi connectivity index (χ2v) is 5.95. The van der Waals surface area contributed by atoms with Gasteiger partial charge in [0.25, 0.3) is 0 Å². The van der Waals surface area contributed by atoms with Crippen LogP contribution < -0.4 is 0 Å². The summed E-state index contributed by atoms with van der Waals surface area (Å²) in [6.45, 7) is 1.94. The molecule has 0 aliphatic rings. The molecular formula is C20H17FN4O. The molecule has 0 unspecified atom stereocenters. The maximum absolute atomic E-state index is 13.4. The molecule has 0 spiro atoms. The number of aryl methyl sites for hydroxylation is 1. The van der Waals surface area contributed by atoms with E-state index in [1.165, 1.54) is 12.1 Å². The molecule has 0 aliphatic heterocycles. The number of hydrogen-bond donors (Lipinski definition) is 1. The number of hydrogen-bond acceptors (Lipinski definition) is 4. The van der Waals surface area contributed by atoms with E-state index in [0.29, 0.717) is 11.3 Å². The van der Waals surface area contributed by atoms with E-state index >= 15 is 0 Å². The van der Waals surface area contributed by atoms with Gasteiger partial charge in [0.2, 0.25) is 0 Å². The zero-order chi connectivity index (χ0) is 18.1. The molecule has 0 amide bonds. The molecule has 0 aliphatic carbocycles. The summed E-state index contributed by atoms with van der Waals surface area (Å²) in [6, 6.07) is 11.8. The van der Waals surface area contributed by atoms with Gasteiger partial charge in [-0.1, -0.05) is 6.92 Å². The van der Waals surface area contributed by atoms with Crippen molar-refractivity contribution in [3.8, 4) is 22.6 Å². The summed E-state index contributed by atoms with van der Waals surface area (Å²) >= 11 is 0. The number of aliphatic hydroxyl groups is 1. The number of imidazole rings is 1. The normalized spacial score (nSPS) is 11.2. The van der Waals surface area contributed by atoms with E-state index < -0.39 is 0 Å². The molecule has 0 fully saturated rings. The Morgan fingerprint density at radius 3 is 2.62 bits per heavy atom. The fourth-order valence-electron chi connectivity index (χ4n) is 2.94. The Morgan fingerprint density at radius 1 is 1.08 bits per heavy atom. The van der Waals surface area contributed by atoms with Crippen LogP contribution in [-0.2, 0) is 13.0 Å². The smallest absolute Gasteiger partial charge is 0.138 e. The van der Waals surface area contributed by atoms with E-state index in [1.807, 2.05) is 35.7 Å². The summed E-state index contributed by atoms with van der Waals surface area (Å²) < 4.78 is 15.3. The molecule has 0 saturated carbocycles. The van der Waals surface area contributed by atoms with Gasteiger partial charge in [-0.3, -0.25) is 4.40 Å². The highest BCUT2D eigenvalue weighted by Gasteiger charge is 2.18. The first kappa shape index (κ1) is 16.4. The van der Waals surface area contributed by atoms with Crippen molar-refractivity contribution in [2.45, 2.75) is 20.0 Å². The Bertz CT molecular complexity index is 1070. The highest BCUT2D eigenvalue weighted by molar-refractivity contribution is 5.80. The molecule has 0 saturated heterocycles. The predicted octanol–water partition coefficient (Wildman–Crippen LogP) is 3.65. The molecule has 6 heteroatoms. The fraction of sp³-hybridized carbons (Fsp3) is 0.150. The van der Waals surface area contributed by atoms with E-state index in [2.05, 4.69) is 9.97 Å². The Morgan fingerprint density at radius 2 is 1.88 bits per heavy atom. The lowest BCUT2D eigenvalue weighted by Gasteiger charge is -2.07. The molecule has 3 heterocycles. The molecule has 130 valence electrons. The van der Waals surface area contributed by atoms with Gasteiger partial charge in [-0.25, -0.2) is 19.3 Å². The zero-order valence-electron chi connectivity index (χ0n) is 14.2. The third-order valence-electron chi connectivity index (χ3n) is 4.26. The first-order valence-electron chi connectivity index (χ1n) is 8.39. The summed E-state index contributed by atoms with van der Waals surface area (Å²) in [6.07, 6.45) is 4.33. The van der Waals surface area contributed by atoms with Crippen molar-refractivity contribution in [3.63, 3.8) is 0 Å². The molecule has 0 radical (unpaired) electrons. The van der Waals surface area contributed by atoms with Gasteiger partial charge in [-0.05, 0) is 48.0 Å². The highest BCUT2D eigenvalue weighted by atomic mass is 19.1. The van der Waals surface area contributed by atoms with Gasteiger partial charge >= 0.3 is 0 Å². The summed E-state index contributed by atoms with van der Waals surface area (Å²) in [5.74, 6) is 0.450. The standard InChI is InChI=1S/C20H17FN4O/c1-2-17-22-9-7-16(23-17)20-19(14-3-5-15(21)6-4-14)24-18-11-13(12-26)8-10-25(18)20/h3-11,26H,2,12H2,1H3. The minimum absolute atomic E-state index is 0.0575. The van der Waals surface area contributed by atoms with Crippen molar-refractivity contribution in [1.82, 2.24) is 19.4 Å². The lowest BCUT2D eigenvalue weighted by atomic mass is 10.1. The van der Waals surface area contributed by atoms with E-state index in [1.54, 1.807) is 18.3 Å². The van der Waals surface area contributed by atoms with Gasteiger partial charge < -0.3 is 5.11 Å². The van der Waals surface area contributed by atoms with Gasteiger partial charge in [0.1, 0.15) is 17.3 Å². The van der Waals surface area contributed by atoms with Crippen molar-refractivity contribution in [1.29, 1.82) is 0 Å². The molecule has 5 nitrogen and oxygen atoms in total. The maximum Gasteiger partial charge on any atom is 0.138 e. The number of nitrogens with zero attached hydrogens (tertiary/aromatic N) is 4. The second kappa shape index (κ2) is 6.65. The van der Waals surface area contributed by atoms with Gasteiger partial charge in [0.15, 0.2) is 0 Å². The first-order valence-corrected chi connectivity index (χ1v) is 8.39. The van der Waals surface area contributed by atoms with Crippen LogP contribution in [0.15, 0.2) is 54.9 Å². The largest absolute Gasteiger partial charge is 0.392 e. The molecule has 4 aromatic rings. The van der Waals surface area contributed by atoms with Crippen molar-refractivity contribution >= 4 is 5.65 Å². The molecule has 1 N–H and O–H groups in total. The van der Waals surface area contributed by atoms with Crippen LogP contribution >= 0.6 is 0 Å². The molecule has 3 aromatic heterocycles. The van der Waals surface area contributed by atoms with Crippen LogP contribution in [-0.4, -0.2) is 24.5 Å². The van der Waals surface area contributed by atoms with Crippen molar-refractivity contribution in [3.05, 3.63) is 72.1 Å². The summed E-state index contributed by atoms with van der Waals surface area (Å²) in [5, 5.41) is 9.41. The second-order valence-electron chi connectivity index (χ2n) is 5.95. The van der Waals surface area contributed by atoms with Crippen molar-refractivity contribution in [2.24, 2.45) is 0 Å². The SMILES string of the molecule is CCc1nccc(-c2c(-c3ccc(F)cc3)nc3cc(CO)ccn23)n1. The molecule has 4 rings (SSSR count). The van der Waals surface area contributed by atoms with Crippen LogP contribution in [0.2, 0.25) is 0 Å². The van der Waals surface area contributed by atoms with Crippen molar-refractivity contribution in [2.75, 3.05) is 0 Å². The summed E-state index contributed by atoms with van der Waals surface area (Å²) in [7, 11) is 0. The zero-order valence-corrected chi connectivity index (χ0v) is 14.2. The van der Waals surface area contributed by atoms with Gasteiger partial charge in [-0.15, -0.1) is 0 Å². The quantitative estimate of drug-likeness (QED) is 0.611. The van der Waals surface area contributed by atoms with Crippen LogP contribution in [0, 0.1) is 5.82 Å². The number of rotatable bonds is 4. The lowest BCUT2D eigenvalue weighted by Crippen LogP contribution is -1.98. The number of fused-ring (bicyclic) bond motifs is 1. The number of aliphatic hydroxyl groups excluding tert-OH is 1. The number of aromatic nitrogens is 4. The maximum atomic E-state index is 13.4. The monoisotopic (exact) mass is 348 g/mol. The number of halogens is 1. The van der Waals surface area contributed by atoms with Crippen LogP contribution in [0.4, 0.5) is 4.39 Å². The molecule has 0 bridgehead atoms. The molecule has 26 heavy (non-hydrogen) atoms. The van der Waals surface area contributed by atoms with Gasteiger partial charge in [-0.2, -0.15) is 0 Å². The molecule has 0 atom stereocenters. The van der Waals surface area contributed by atoms with Crippen LogP contribution in [0.5, 0.6) is 0 Å². The van der Waals surface area contributed by atoms with E-state index in [0.717, 1.165) is 34.8 Å². The third-order valence-corrected chi connectivity index (χ3v) is 4.26. The topological polar surface area (TPSA) is 63.3 Å². The fourth-order valence-corrected chi connectivity index (χ4v) is 2.94. The summed E-state index contributed by atoms with van der Waals surface area (Å²) in [4.78, 5) is 13.6. The van der Waals surface area contributed by atoms with E-state index in [4.69, 9.17) is 4.98 Å². The number of benzene rings is 1. The third kappa shape index (κ3) is 2.84. The predicted molar refractivity (Wildman–Crippen MR) is 96.9 cm³/mol. The summed E-state index contributed by atoms with van der Waals surface area (Å²) in [5.41, 5.74) is 4.54. The molecular weight excluding hydrogens is 331 g/mol. The minimum Gasteiger partial charge on any atom is -0.392 e. The van der Waals surface area contributed by atoms with Gasteiger partial charge in [0.05, 0.1) is 23.7 Å². The van der Waals surface area contributed by atoms with Crippen LogP contribution in [0.1, 0.15) is 18.3 Å². The van der Waals surface area contributed by atoms with Crippen molar-refractivity contribution < 1.29 is 9.50 Å². The average molecular weight is 348 g/mol. The van der Waals surface area contributed by atoms with Crippen LogP contribution in [0.25, 0.3) is 28.3 Å². The van der Waals surface area contributed by atoms with E-state index in [-0.39, 0.29) is 12.4 Å². The highest BCUT2D eigenvalue weighted by Crippen LogP contribution is 2.32. The Kier molecular flexibility index (Phi) is 4.18. The Balaban J connectivity index is 2.01. The average Bonchev–Trinajstić information content (AvgIpc) is 3.07. The lowest BCUT2D eigenvalue weighted by molar-refractivity contribution is 0.282. The Labute approximate surface area is 149 Å². The first-order chi connectivity index (χ1) is 12.7. The molecule has 1 aromatic carbocycles. The van der Waals surface area contributed by atoms with Crippen LogP contribution in [0.3, 0.4) is 0 Å².